The largest absolute Gasteiger partial charge is 0.462 e. The van der Waals surface area contributed by atoms with Gasteiger partial charge in [0.15, 0.2) is 21.9 Å². The lowest BCUT2D eigenvalue weighted by Gasteiger charge is -2.49. The summed E-state index contributed by atoms with van der Waals surface area (Å²) in [6.45, 7) is 7.04. The Morgan fingerprint density at radius 2 is 1.70 bits per heavy atom. The summed E-state index contributed by atoms with van der Waals surface area (Å²) in [4.78, 5) is 86.3. The number of pyridine rings is 2. The van der Waals surface area contributed by atoms with Gasteiger partial charge in [-0.25, -0.2) is 23.5 Å². The molecule has 5 aromatic rings. The average Bonchev–Trinajstić information content (AvgIpc) is 4.04. The second-order valence-electron chi connectivity index (χ2n) is 17.6. The van der Waals surface area contributed by atoms with Gasteiger partial charge >= 0.3 is 11.9 Å². The molecule has 0 radical (unpaired) electrons. The number of nitrogens with zero attached hydrogens (tertiary/aromatic N) is 8. The lowest BCUT2D eigenvalue weighted by Crippen LogP contribution is -2.71. The second kappa shape index (κ2) is 23.7. The van der Waals surface area contributed by atoms with Crippen molar-refractivity contribution in [3.8, 4) is 11.3 Å². The van der Waals surface area contributed by atoms with E-state index in [9.17, 15) is 24.0 Å². The number of thioether (sulfide) groups is 3. The van der Waals surface area contributed by atoms with Crippen LogP contribution in [0.25, 0.3) is 22.2 Å². The Bertz CT molecular complexity index is 3010. The van der Waals surface area contributed by atoms with E-state index in [1.54, 1.807) is 13.0 Å². The molecule has 2 unspecified atom stereocenters. The number of carbonyl (C=O) groups excluding carboxylic acids is 4. The molecule has 0 aliphatic carbocycles. The zero-order valence-corrected chi connectivity index (χ0v) is 44.5. The van der Waals surface area contributed by atoms with Crippen molar-refractivity contribution in [2.24, 2.45) is 12.2 Å². The predicted molar refractivity (Wildman–Crippen MR) is 281 cm³/mol. The SMILES string of the molecule is CCO/N=C(/C(=O)N[C@@H]1C(=O)N2C(C(=O)OCCCCCCCCCCOC(=O)c3c4n(c5cc(N6CCNCC6)c(F)cc5c3=O)C(C)S4)=C(Sc3nc(-c4cc[n+](C)cc4)cs3)CSC12)c1nsc(N)n1. The van der Waals surface area contributed by atoms with Gasteiger partial charge in [0.25, 0.3) is 11.8 Å². The topological polar surface area (TPSA) is 229 Å². The van der Waals surface area contributed by atoms with E-state index in [0.717, 1.165) is 74.4 Å². The summed E-state index contributed by atoms with van der Waals surface area (Å²) >= 11 is 6.50. The summed E-state index contributed by atoms with van der Waals surface area (Å²) in [6, 6.07) is 5.98. The number of amides is 2. The quantitative estimate of drug-likeness (QED) is 0.0174. The highest BCUT2D eigenvalue weighted by Gasteiger charge is 2.55. The van der Waals surface area contributed by atoms with Gasteiger partial charge in [-0.15, -0.1) is 23.1 Å². The number of rotatable bonds is 22. The monoisotopic (exact) mass is 1090 g/mol. The summed E-state index contributed by atoms with van der Waals surface area (Å²) in [7, 11) is 1.94. The molecule has 8 heterocycles. The van der Waals surface area contributed by atoms with Gasteiger partial charge in [0.05, 0.1) is 40.5 Å². The molecular formula is C48H55FN11O8S5+. The highest BCUT2D eigenvalue weighted by Crippen LogP contribution is 2.48. The minimum absolute atomic E-state index is 0.0131. The van der Waals surface area contributed by atoms with Crippen molar-refractivity contribution < 1.29 is 42.4 Å². The molecule has 2 saturated heterocycles. The number of unbranched alkanes of at least 4 members (excludes halogenated alkanes) is 7. The number of thiazole rings is 1. The Morgan fingerprint density at radius 3 is 2.37 bits per heavy atom. The number of oxime groups is 1. The van der Waals surface area contributed by atoms with E-state index in [4.69, 9.17) is 25.0 Å². The van der Waals surface area contributed by atoms with Gasteiger partial charge in [0.1, 0.15) is 42.1 Å². The number of fused-ring (bicyclic) bond motifs is 4. The molecule has 386 valence electrons. The molecule has 2 amide bonds. The van der Waals surface area contributed by atoms with E-state index >= 15 is 4.39 Å². The first kappa shape index (κ1) is 52.3. The number of anilines is 2. The summed E-state index contributed by atoms with van der Waals surface area (Å²) in [5, 5.41) is 12.1. The van der Waals surface area contributed by atoms with Gasteiger partial charge < -0.3 is 40.1 Å². The van der Waals surface area contributed by atoms with E-state index < -0.39 is 46.4 Å². The molecule has 1 aromatic carbocycles. The number of halogens is 1. The fourth-order valence-electron chi connectivity index (χ4n) is 8.83. The number of carbonyl (C=O) groups is 4. The Balaban J connectivity index is 0.741. The van der Waals surface area contributed by atoms with E-state index in [-0.39, 0.29) is 58.5 Å². The number of hydrogen-bond acceptors (Lipinski definition) is 20. The number of aromatic nitrogens is 5. The minimum atomic E-state index is -0.971. The van der Waals surface area contributed by atoms with Crippen molar-refractivity contribution in [1.82, 2.24) is 34.4 Å². The first-order valence-corrected chi connectivity index (χ1v) is 28.6. The Hall–Kier alpha value is -5.60. The normalized spacial score (nSPS) is 18.5. The lowest BCUT2D eigenvalue weighted by molar-refractivity contribution is -0.671. The highest BCUT2D eigenvalue weighted by molar-refractivity contribution is 8.07. The first-order valence-electron chi connectivity index (χ1n) is 24.2. The van der Waals surface area contributed by atoms with Crippen molar-refractivity contribution in [2.75, 3.05) is 62.4 Å². The van der Waals surface area contributed by atoms with Crippen molar-refractivity contribution in [2.45, 2.75) is 91.4 Å². The molecule has 25 heteroatoms. The number of piperazine rings is 1. The number of benzene rings is 1. The van der Waals surface area contributed by atoms with E-state index in [1.165, 1.54) is 57.6 Å². The van der Waals surface area contributed by atoms with Crippen molar-refractivity contribution >= 4 is 109 Å². The summed E-state index contributed by atoms with van der Waals surface area (Å²) < 4.78 is 35.5. The van der Waals surface area contributed by atoms with Crippen LogP contribution in [0.3, 0.4) is 0 Å². The molecule has 4 aliphatic rings. The number of ether oxygens (including phenoxy) is 2. The van der Waals surface area contributed by atoms with Crippen LogP contribution in [0.15, 0.2) is 72.0 Å². The standard InChI is InChI=1S/C48H54FN11O8S5/c1-4-68-55-36(40-54-47(50)73-56-40)41(62)53-37-42(63)60-38(34(26-69-44(37)60)72-48-52-31(25-70-48)28-13-17-57(3)18-14-28)46(65)67-22-12-10-8-6-5-7-9-11-21-66-45(64)35-39(61)29-23-30(49)33(58-19-15-51-16-20-58)24-32(29)59-27(2)71-43(35)59/h13-14,17-18,23-25,27,37,44,51H,4-12,15-16,19-22,26H2,1-3H3,(H2-,50,53,54,56,62)/p+1/b55-36+/t27?,37-,44?/m1/s1. The van der Waals surface area contributed by atoms with Crippen LogP contribution in [0, 0.1) is 5.82 Å². The molecule has 3 atom stereocenters. The third-order valence-corrected chi connectivity index (χ3v) is 17.8. The van der Waals surface area contributed by atoms with Crippen LogP contribution in [-0.4, -0.2) is 116 Å². The minimum Gasteiger partial charge on any atom is -0.462 e. The summed E-state index contributed by atoms with van der Waals surface area (Å²) in [5.74, 6) is -2.64. The molecular weight excluding hydrogens is 1040 g/mol. The molecule has 4 aliphatic heterocycles. The summed E-state index contributed by atoms with van der Waals surface area (Å²) in [5.41, 5.74) is 7.96. The zero-order valence-electron chi connectivity index (χ0n) is 40.4. The maximum Gasteiger partial charge on any atom is 0.355 e. The van der Waals surface area contributed by atoms with Crippen LogP contribution >= 0.6 is 58.2 Å². The number of nitrogens with one attached hydrogen (secondary N) is 2. The van der Waals surface area contributed by atoms with Gasteiger partial charge in [-0.3, -0.25) is 19.3 Å². The van der Waals surface area contributed by atoms with E-state index in [1.807, 2.05) is 57.9 Å². The molecule has 0 saturated carbocycles. The highest BCUT2D eigenvalue weighted by atomic mass is 32.2. The Labute approximate surface area is 441 Å². The Morgan fingerprint density at radius 1 is 1.00 bits per heavy atom. The molecule has 4 aromatic heterocycles. The fourth-order valence-corrected chi connectivity index (χ4v) is 13.9. The smallest absolute Gasteiger partial charge is 0.355 e. The maximum atomic E-state index is 15.4. The number of nitrogens with two attached hydrogens (primary N) is 1. The van der Waals surface area contributed by atoms with Gasteiger partial charge in [0.2, 0.25) is 17.0 Å². The fraction of sp³-hybridized carbons (Fsp3) is 0.458. The van der Waals surface area contributed by atoms with Gasteiger partial charge in [-0.05, 0) is 38.8 Å². The van der Waals surface area contributed by atoms with Crippen LogP contribution in [-0.2, 0) is 35.7 Å². The molecule has 0 spiro atoms. The molecule has 0 bridgehead atoms. The zero-order chi connectivity index (χ0) is 51.2. The molecule has 4 N–H and O–H groups in total. The van der Waals surface area contributed by atoms with Crippen molar-refractivity contribution in [3.05, 3.63) is 80.1 Å². The van der Waals surface area contributed by atoms with Crippen LogP contribution in [0.4, 0.5) is 15.2 Å². The van der Waals surface area contributed by atoms with E-state index in [0.29, 0.717) is 57.2 Å². The number of β-lactam (4-membered cyclic amide) rings is 1. The average molecular weight is 1090 g/mol. The first-order chi connectivity index (χ1) is 35.4. The van der Waals surface area contributed by atoms with Gasteiger partial charge in [-0.2, -0.15) is 9.36 Å². The third kappa shape index (κ3) is 11.6. The van der Waals surface area contributed by atoms with Crippen LogP contribution in [0.5, 0.6) is 0 Å². The van der Waals surface area contributed by atoms with Gasteiger partial charge in [-0.1, -0.05) is 67.2 Å². The number of nitrogen functional groups attached to an aromatic ring is 1. The predicted octanol–water partition coefficient (Wildman–Crippen LogP) is 6.22. The van der Waals surface area contributed by atoms with Crippen LogP contribution in [0.2, 0.25) is 0 Å². The second-order valence-corrected chi connectivity index (χ2v) is 22.9. The van der Waals surface area contributed by atoms with Crippen LogP contribution < -0.4 is 31.3 Å². The van der Waals surface area contributed by atoms with Crippen molar-refractivity contribution in [1.29, 1.82) is 0 Å². The van der Waals surface area contributed by atoms with Gasteiger partial charge in [0, 0.05) is 76.8 Å². The Kier molecular flexibility index (Phi) is 17.0. The number of aryl methyl sites for hydroxylation is 1. The third-order valence-electron chi connectivity index (χ3n) is 12.6. The number of hydrogen-bond donors (Lipinski definition) is 3. The molecule has 9 rings (SSSR count). The molecule has 2 fully saturated rings. The lowest BCUT2D eigenvalue weighted by atomic mass is 10.0. The maximum absolute atomic E-state index is 15.4. The summed E-state index contributed by atoms with van der Waals surface area (Å²) in [6.07, 6.45) is 10.6. The van der Waals surface area contributed by atoms with Crippen molar-refractivity contribution in [3.63, 3.8) is 0 Å². The number of esters is 2. The molecule has 19 nitrogen and oxygen atoms in total. The molecule has 73 heavy (non-hydrogen) atoms. The van der Waals surface area contributed by atoms with Crippen LogP contribution in [0.1, 0.15) is 86.8 Å². The van der Waals surface area contributed by atoms with E-state index in [2.05, 4.69) is 25.1 Å².